The van der Waals surface area contributed by atoms with Gasteiger partial charge in [0.2, 0.25) is 0 Å². The molecule has 0 N–H and O–H groups in total. The molecule has 0 bridgehead atoms. The summed E-state index contributed by atoms with van der Waals surface area (Å²) in [4.78, 5) is 18.3. The molecule has 0 unspecified atom stereocenters. The van der Waals surface area contributed by atoms with Gasteiger partial charge in [0.05, 0.1) is 11.2 Å². The summed E-state index contributed by atoms with van der Waals surface area (Å²) < 4.78 is 5.99. The van der Waals surface area contributed by atoms with Gasteiger partial charge in [-0.2, -0.15) is 0 Å². The Kier molecular flexibility index (Phi) is 3.51. The van der Waals surface area contributed by atoms with Crippen molar-refractivity contribution in [3.8, 4) is 0 Å². The molecule has 0 aromatic carbocycles. The van der Waals surface area contributed by atoms with Crippen molar-refractivity contribution < 1.29 is 9.53 Å². The Balaban J connectivity index is 1.62. The zero-order chi connectivity index (χ0) is 13.1. The largest absolute Gasteiger partial charge is 0.375 e. The second-order valence-electron chi connectivity index (χ2n) is 5.52. The van der Waals surface area contributed by atoms with Crippen LogP contribution in [0.4, 0.5) is 0 Å². The van der Waals surface area contributed by atoms with Crippen molar-refractivity contribution in [2.45, 2.75) is 37.7 Å². The predicted octanol–water partition coefficient (Wildman–Crippen LogP) is 2.26. The van der Waals surface area contributed by atoms with Gasteiger partial charge in [-0.1, -0.05) is 0 Å². The van der Waals surface area contributed by atoms with Crippen LogP contribution in [0.2, 0.25) is 0 Å². The second kappa shape index (κ2) is 5.29. The molecule has 0 radical (unpaired) electrons. The average Bonchev–Trinajstić information content (AvgIpc) is 2.49. The van der Waals surface area contributed by atoms with Crippen LogP contribution < -0.4 is 0 Å². The Morgan fingerprint density at radius 2 is 2.11 bits per heavy atom. The van der Waals surface area contributed by atoms with E-state index in [9.17, 15) is 4.79 Å². The van der Waals surface area contributed by atoms with Crippen LogP contribution in [-0.2, 0) is 4.74 Å². The van der Waals surface area contributed by atoms with Crippen molar-refractivity contribution in [1.82, 2.24) is 9.88 Å². The third-order valence-corrected chi connectivity index (χ3v) is 4.31. The van der Waals surface area contributed by atoms with Gasteiger partial charge in [-0.3, -0.25) is 9.78 Å². The minimum Gasteiger partial charge on any atom is -0.375 e. The van der Waals surface area contributed by atoms with Gasteiger partial charge in [0, 0.05) is 32.1 Å². The SMILES string of the molecule is O=C(c1cccnc1)N1CCC2(CCCCO2)CC1. The number of carbonyl (C=O) groups is 1. The molecule has 3 rings (SSSR count). The smallest absolute Gasteiger partial charge is 0.255 e. The highest BCUT2D eigenvalue weighted by molar-refractivity contribution is 5.93. The maximum absolute atomic E-state index is 12.3. The number of rotatable bonds is 1. The molecule has 1 aromatic rings. The normalized spacial score (nSPS) is 22.4. The molecule has 2 fully saturated rings. The van der Waals surface area contributed by atoms with Gasteiger partial charge in [0.1, 0.15) is 0 Å². The molecule has 2 saturated heterocycles. The van der Waals surface area contributed by atoms with E-state index in [1.165, 1.54) is 12.8 Å². The van der Waals surface area contributed by atoms with Crippen molar-refractivity contribution in [1.29, 1.82) is 0 Å². The molecule has 2 aliphatic heterocycles. The highest BCUT2D eigenvalue weighted by Gasteiger charge is 2.38. The fourth-order valence-electron chi connectivity index (χ4n) is 3.09. The lowest BCUT2D eigenvalue weighted by molar-refractivity contribution is -0.107. The summed E-state index contributed by atoms with van der Waals surface area (Å²) in [7, 11) is 0. The van der Waals surface area contributed by atoms with Crippen LogP contribution >= 0.6 is 0 Å². The van der Waals surface area contributed by atoms with E-state index in [1.54, 1.807) is 12.4 Å². The van der Waals surface area contributed by atoms with Crippen LogP contribution in [0.3, 0.4) is 0 Å². The summed E-state index contributed by atoms with van der Waals surface area (Å²) in [6.07, 6.45) is 8.87. The fourth-order valence-corrected chi connectivity index (χ4v) is 3.09. The highest BCUT2D eigenvalue weighted by atomic mass is 16.5. The number of pyridine rings is 1. The molecule has 1 aromatic heterocycles. The number of carbonyl (C=O) groups excluding carboxylic acids is 1. The standard InChI is InChI=1S/C15H20N2O2/c18-14(13-4-3-8-16-12-13)17-9-6-15(7-10-17)5-1-2-11-19-15/h3-4,8,12H,1-2,5-7,9-11H2. The summed E-state index contributed by atoms with van der Waals surface area (Å²) in [5.41, 5.74) is 0.743. The highest BCUT2D eigenvalue weighted by Crippen LogP contribution is 2.35. The van der Waals surface area contributed by atoms with E-state index in [-0.39, 0.29) is 11.5 Å². The summed E-state index contributed by atoms with van der Waals surface area (Å²) >= 11 is 0. The third-order valence-electron chi connectivity index (χ3n) is 4.31. The first-order valence-electron chi connectivity index (χ1n) is 7.12. The first-order chi connectivity index (χ1) is 9.29. The minimum absolute atomic E-state index is 0.0595. The lowest BCUT2D eigenvalue weighted by Crippen LogP contribution is -2.49. The zero-order valence-electron chi connectivity index (χ0n) is 11.2. The second-order valence-corrected chi connectivity index (χ2v) is 5.52. The Labute approximate surface area is 113 Å². The number of hydrogen-bond acceptors (Lipinski definition) is 3. The monoisotopic (exact) mass is 260 g/mol. The van der Waals surface area contributed by atoms with Gasteiger partial charge in [0.25, 0.3) is 5.91 Å². The Morgan fingerprint density at radius 3 is 2.74 bits per heavy atom. The van der Waals surface area contributed by atoms with Crippen LogP contribution in [0.1, 0.15) is 42.5 Å². The van der Waals surface area contributed by atoms with E-state index in [0.29, 0.717) is 5.56 Å². The van der Waals surface area contributed by atoms with Gasteiger partial charge >= 0.3 is 0 Å². The molecule has 2 aliphatic rings. The average molecular weight is 260 g/mol. The van der Waals surface area contributed by atoms with Gasteiger partial charge in [-0.15, -0.1) is 0 Å². The molecule has 4 nitrogen and oxygen atoms in total. The van der Waals surface area contributed by atoms with E-state index in [2.05, 4.69) is 4.98 Å². The van der Waals surface area contributed by atoms with Crippen molar-refractivity contribution >= 4 is 5.91 Å². The maximum atomic E-state index is 12.3. The van der Waals surface area contributed by atoms with Gasteiger partial charge in [0.15, 0.2) is 0 Å². The van der Waals surface area contributed by atoms with E-state index in [4.69, 9.17) is 4.74 Å². The maximum Gasteiger partial charge on any atom is 0.255 e. The molecule has 0 atom stereocenters. The number of aromatic nitrogens is 1. The van der Waals surface area contributed by atoms with E-state index in [1.807, 2.05) is 17.0 Å². The number of likely N-dealkylation sites (tertiary alicyclic amines) is 1. The van der Waals surface area contributed by atoms with E-state index in [0.717, 1.165) is 39.0 Å². The van der Waals surface area contributed by atoms with Crippen LogP contribution in [0.25, 0.3) is 0 Å². The lowest BCUT2D eigenvalue weighted by atomic mass is 9.84. The summed E-state index contributed by atoms with van der Waals surface area (Å²) in [6.45, 7) is 2.48. The van der Waals surface area contributed by atoms with Crippen LogP contribution in [0, 0.1) is 0 Å². The first kappa shape index (κ1) is 12.6. The van der Waals surface area contributed by atoms with Gasteiger partial charge < -0.3 is 9.64 Å². The topological polar surface area (TPSA) is 42.4 Å². The van der Waals surface area contributed by atoms with E-state index >= 15 is 0 Å². The van der Waals surface area contributed by atoms with Crippen LogP contribution in [0.5, 0.6) is 0 Å². The Bertz CT molecular complexity index is 431. The fraction of sp³-hybridized carbons (Fsp3) is 0.600. The molecule has 19 heavy (non-hydrogen) atoms. The Morgan fingerprint density at radius 1 is 1.26 bits per heavy atom. The molecule has 4 heteroatoms. The van der Waals surface area contributed by atoms with Crippen molar-refractivity contribution in [3.05, 3.63) is 30.1 Å². The molecule has 3 heterocycles. The van der Waals surface area contributed by atoms with Gasteiger partial charge in [-0.05, 0) is 44.2 Å². The van der Waals surface area contributed by atoms with Crippen LogP contribution in [-0.4, -0.2) is 41.1 Å². The van der Waals surface area contributed by atoms with Crippen molar-refractivity contribution in [2.24, 2.45) is 0 Å². The van der Waals surface area contributed by atoms with Crippen molar-refractivity contribution in [3.63, 3.8) is 0 Å². The number of hydrogen-bond donors (Lipinski definition) is 0. The predicted molar refractivity (Wildman–Crippen MR) is 71.9 cm³/mol. The van der Waals surface area contributed by atoms with Gasteiger partial charge in [-0.25, -0.2) is 0 Å². The van der Waals surface area contributed by atoms with E-state index < -0.39 is 0 Å². The first-order valence-corrected chi connectivity index (χ1v) is 7.12. The number of nitrogens with zero attached hydrogens (tertiary/aromatic N) is 2. The quantitative estimate of drug-likeness (QED) is 0.778. The number of ether oxygens (including phenoxy) is 1. The molecule has 1 spiro atoms. The molecule has 0 aliphatic carbocycles. The summed E-state index contributed by atoms with van der Waals surface area (Å²) in [6, 6.07) is 3.64. The molecule has 102 valence electrons. The third kappa shape index (κ3) is 2.63. The minimum atomic E-state index is 0.0595. The number of piperidine rings is 1. The lowest BCUT2D eigenvalue weighted by Gasteiger charge is -2.43. The van der Waals surface area contributed by atoms with Crippen LogP contribution in [0.15, 0.2) is 24.5 Å². The molecule has 1 amide bonds. The zero-order valence-corrected chi connectivity index (χ0v) is 11.2. The Hall–Kier alpha value is -1.42. The molecular formula is C15H20N2O2. The van der Waals surface area contributed by atoms with Crippen molar-refractivity contribution in [2.75, 3.05) is 19.7 Å². The molecule has 0 saturated carbocycles. The molecular weight excluding hydrogens is 240 g/mol. The summed E-state index contributed by atoms with van der Waals surface area (Å²) in [5.74, 6) is 0.0961. The summed E-state index contributed by atoms with van der Waals surface area (Å²) in [5, 5.41) is 0. The number of amides is 1.